The summed E-state index contributed by atoms with van der Waals surface area (Å²) in [7, 11) is -5.39. The van der Waals surface area contributed by atoms with Gasteiger partial charge in [0.15, 0.2) is 72.2 Å². The van der Waals surface area contributed by atoms with Crippen molar-refractivity contribution >= 4 is 60.9 Å². The molecule has 3 aromatic carbocycles. The van der Waals surface area contributed by atoms with Crippen molar-refractivity contribution in [3.63, 3.8) is 0 Å². The lowest BCUT2D eigenvalue weighted by Crippen LogP contribution is -2.66. The van der Waals surface area contributed by atoms with E-state index in [4.69, 9.17) is 47.0 Å². The van der Waals surface area contributed by atoms with Gasteiger partial charge in [-0.25, -0.2) is 14.4 Å². The van der Waals surface area contributed by atoms with Crippen LogP contribution in [-0.2, 0) is 64.3 Å². The van der Waals surface area contributed by atoms with Crippen molar-refractivity contribution < 1.29 is 105 Å². The smallest absolute Gasteiger partial charge is 0.343 e. The normalized spacial score (nSPS) is 28.1. The monoisotopic (exact) mass is 1460 g/mol. The summed E-state index contributed by atoms with van der Waals surface area (Å²) in [6, 6.07) is 32.5. The topological polar surface area (TPSA) is 391 Å². The SMILES string of the molecule is O=C(C[N+]12CCC(CC1)C(OC(=O)[C@](O)(c1ccccc1)C1CCCC1)C2)Nc1ccon1.O=C(C[N+]12CCC(CC1)C(OC(=O)[C@](O)(c1ccccc1)C1CCCC1)C2)Nc1ccon1.O=C(C[N+]12CCC(CC1)[C@@H](OC(=O)[C@](O)(c1ccccc1)C1CCCC1)C2)Nc1ccon1.O=P([O-])([O-])[O-]. The number of aromatic nitrogens is 3. The number of rotatable bonds is 21. The molecule has 0 spiro atoms. The number of esters is 3. The summed E-state index contributed by atoms with van der Waals surface area (Å²) in [5.74, 6) is -0.363. The van der Waals surface area contributed by atoms with E-state index in [9.17, 15) is 44.1 Å². The second-order valence-electron chi connectivity index (χ2n) is 30.3. The molecular weight excluding hydrogens is 1360 g/mol. The maximum atomic E-state index is 13.6. The van der Waals surface area contributed by atoms with Crippen LogP contribution in [0.3, 0.4) is 0 Å². The Labute approximate surface area is 603 Å². The number of fused-ring (bicyclic) bond motifs is 9. The first-order valence-corrected chi connectivity index (χ1v) is 38.3. The molecule has 3 aromatic heterocycles. The summed E-state index contributed by atoms with van der Waals surface area (Å²) in [5.41, 5.74) is -3.05. The zero-order chi connectivity index (χ0) is 73.2. The minimum Gasteiger partial charge on any atom is -0.822 e. The number of anilines is 3. The van der Waals surface area contributed by atoms with Crippen LogP contribution in [0.4, 0.5) is 17.5 Å². The Hall–Kier alpha value is -8.02. The summed E-state index contributed by atoms with van der Waals surface area (Å²) in [5, 5.41) is 54.8. The fraction of sp³-hybridized carbons (Fsp3) is 0.560. The maximum absolute atomic E-state index is 13.6. The molecule has 0 radical (unpaired) electrons. The number of ether oxygens (including phenoxy) is 3. The Morgan fingerprint density at radius 1 is 0.404 bits per heavy atom. The summed E-state index contributed by atoms with van der Waals surface area (Å²) in [4.78, 5) is 104. The van der Waals surface area contributed by atoms with Crippen molar-refractivity contribution in [3.05, 3.63) is 145 Å². The molecule has 12 aliphatic rings. The minimum absolute atomic E-state index is 0.124. The molecule has 104 heavy (non-hydrogen) atoms. The van der Waals surface area contributed by atoms with E-state index in [0.717, 1.165) is 155 Å². The van der Waals surface area contributed by atoms with Gasteiger partial charge in [-0.2, -0.15) is 7.82 Å². The Morgan fingerprint density at radius 3 is 0.846 bits per heavy atom. The van der Waals surface area contributed by atoms with Gasteiger partial charge in [-0.15, -0.1) is 0 Å². The average molecular weight is 1460 g/mol. The molecule has 6 atom stereocenters. The molecule has 6 N–H and O–H groups in total. The molecule has 6 bridgehead atoms. The molecule has 3 saturated carbocycles. The number of carbonyl (C=O) groups is 6. The third kappa shape index (κ3) is 17.7. The number of hydrogen-bond acceptors (Lipinski definition) is 22. The van der Waals surface area contributed by atoms with Gasteiger partial charge in [0.2, 0.25) is 0 Å². The molecular formula is C75H96N9O19P. The van der Waals surface area contributed by atoms with Gasteiger partial charge in [-0.3, -0.25) is 14.4 Å². The molecule has 12 fully saturated rings. The van der Waals surface area contributed by atoms with Crippen molar-refractivity contribution in [2.45, 2.75) is 151 Å². The fourth-order valence-corrected chi connectivity index (χ4v) is 18.4. The van der Waals surface area contributed by atoms with E-state index in [-0.39, 0.29) is 71.5 Å². The molecule has 2 unspecified atom stereocenters. The van der Waals surface area contributed by atoms with Crippen LogP contribution in [0, 0.1) is 35.5 Å². The second kappa shape index (κ2) is 32.8. The van der Waals surface area contributed by atoms with E-state index in [2.05, 4.69) is 31.4 Å². The summed E-state index contributed by atoms with van der Waals surface area (Å²) in [6.45, 7) is 8.01. The minimum atomic E-state index is -5.39. The van der Waals surface area contributed by atoms with Crippen LogP contribution in [0.5, 0.6) is 0 Å². The van der Waals surface area contributed by atoms with Crippen LogP contribution in [0.25, 0.3) is 0 Å². The predicted octanol–water partition coefficient (Wildman–Crippen LogP) is 5.71. The van der Waals surface area contributed by atoms with E-state index in [0.29, 0.717) is 86.9 Å². The second-order valence-corrected chi connectivity index (χ2v) is 31.2. The first-order valence-electron chi connectivity index (χ1n) is 36.8. The molecule has 6 aromatic rings. The molecule has 9 saturated heterocycles. The van der Waals surface area contributed by atoms with Crippen LogP contribution in [0.15, 0.2) is 142 Å². The highest BCUT2D eigenvalue weighted by Crippen LogP contribution is 2.47. The highest BCUT2D eigenvalue weighted by molar-refractivity contribution is 7.40. The number of phosphoric acid groups is 1. The van der Waals surface area contributed by atoms with Gasteiger partial charge in [0.1, 0.15) is 38.4 Å². The predicted molar refractivity (Wildman–Crippen MR) is 367 cm³/mol. The average Bonchev–Trinajstić information content (AvgIpc) is 1.09. The molecule has 12 heterocycles. The number of amides is 3. The van der Waals surface area contributed by atoms with Crippen LogP contribution >= 0.6 is 7.82 Å². The summed E-state index contributed by atoms with van der Waals surface area (Å²) in [6.07, 6.45) is 19.8. The van der Waals surface area contributed by atoms with E-state index in [1.807, 2.05) is 91.0 Å². The number of hydrogen-bond donors (Lipinski definition) is 6. The third-order valence-electron chi connectivity index (χ3n) is 23.9. The molecule has 28 nitrogen and oxygen atoms in total. The molecule has 29 heteroatoms. The lowest BCUT2D eigenvalue weighted by Gasteiger charge is -2.51. The van der Waals surface area contributed by atoms with Crippen LogP contribution in [-0.4, -0.2) is 177 Å². The Balaban J connectivity index is 0.000000142. The lowest BCUT2D eigenvalue weighted by molar-refractivity contribution is -0.939. The fourth-order valence-electron chi connectivity index (χ4n) is 18.4. The standard InChI is InChI=1S/3C25H31N3O5.H3O4P/c3*29-23(26-22-12-15-32-27-22)17-28-13-10-18(11-14-28)21(16-28)33-24(30)25(31,20-8-4-5-9-20)19-6-2-1-3-7-19;1-5(2,3)4/h3*1-3,6-7,12,15,18,20-21,31H,4-5,8-11,13-14,16-17H2;(H3,1,2,3,4)/t2*18?,21?,25-,28?;18?,21-,25-,28?;/m000./s1. The highest BCUT2D eigenvalue weighted by atomic mass is 31.2. The number of aliphatic hydroxyl groups is 3. The number of nitrogens with zero attached hydrogens (tertiary/aromatic N) is 6. The Bertz CT molecular complexity index is 3460. The first kappa shape index (κ1) is 75.7. The van der Waals surface area contributed by atoms with E-state index < -0.39 is 42.5 Å². The highest BCUT2D eigenvalue weighted by Gasteiger charge is 2.57. The van der Waals surface area contributed by atoms with Crippen LogP contribution in [0.2, 0.25) is 0 Å². The number of carbonyl (C=O) groups excluding carboxylic acids is 6. The van der Waals surface area contributed by atoms with Gasteiger partial charge in [-0.05, 0) is 55.2 Å². The van der Waals surface area contributed by atoms with Crippen molar-refractivity contribution in [2.75, 3.05) is 94.5 Å². The van der Waals surface area contributed by atoms with E-state index in [1.54, 1.807) is 18.2 Å². The van der Waals surface area contributed by atoms with Crippen molar-refractivity contribution in [2.24, 2.45) is 35.5 Å². The van der Waals surface area contributed by atoms with Crippen molar-refractivity contribution in [1.82, 2.24) is 15.5 Å². The van der Waals surface area contributed by atoms with Gasteiger partial charge < -0.3 is 91.7 Å². The van der Waals surface area contributed by atoms with Gasteiger partial charge in [0.25, 0.3) is 17.7 Å². The number of quaternary nitrogens is 3. The summed E-state index contributed by atoms with van der Waals surface area (Å²) >= 11 is 0. The third-order valence-corrected chi connectivity index (χ3v) is 23.9. The summed E-state index contributed by atoms with van der Waals surface area (Å²) < 4.78 is 43.0. The van der Waals surface area contributed by atoms with Gasteiger partial charge >= 0.3 is 17.9 Å². The number of nitrogens with one attached hydrogen (secondary N) is 3. The number of benzene rings is 3. The Kier molecular flexibility index (Phi) is 23.8. The molecule has 9 aliphatic heterocycles. The molecule has 3 aliphatic carbocycles. The zero-order valence-corrected chi connectivity index (χ0v) is 59.4. The van der Waals surface area contributed by atoms with Crippen molar-refractivity contribution in [1.29, 1.82) is 0 Å². The zero-order valence-electron chi connectivity index (χ0n) is 58.5. The number of piperidine rings is 9. The first-order chi connectivity index (χ1) is 50.0. The Morgan fingerprint density at radius 2 is 0.635 bits per heavy atom. The van der Waals surface area contributed by atoms with Crippen LogP contribution < -0.4 is 30.6 Å². The molecule has 560 valence electrons. The van der Waals surface area contributed by atoms with Crippen molar-refractivity contribution in [3.8, 4) is 0 Å². The maximum Gasteiger partial charge on any atom is 0.343 e. The largest absolute Gasteiger partial charge is 0.822 e. The quantitative estimate of drug-likeness (QED) is 0.0218. The van der Waals surface area contributed by atoms with E-state index >= 15 is 0 Å². The molecule has 18 rings (SSSR count). The van der Waals surface area contributed by atoms with Gasteiger partial charge in [0.05, 0.1) is 39.3 Å². The van der Waals surface area contributed by atoms with E-state index in [1.165, 1.54) is 18.8 Å². The lowest BCUT2D eigenvalue weighted by atomic mass is 9.79. The molecule has 3 amide bonds. The van der Waals surface area contributed by atoms with Gasteiger partial charge in [0, 0.05) is 92.2 Å². The van der Waals surface area contributed by atoms with Crippen LogP contribution in [0.1, 0.15) is 132 Å². The van der Waals surface area contributed by atoms with Gasteiger partial charge in [-0.1, -0.05) is 145 Å².